The van der Waals surface area contributed by atoms with Crippen molar-refractivity contribution in [2.75, 3.05) is 0 Å². The van der Waals surface area contributed by atoms with E-state index in [9.17, 15) is 4.79 Å². The molecule has 0 saturated carbocycles. The summed E-state index contributed by atoms with van der Waals surface area (Å²) in [5, 5.41) is 0.895. The van der Waals surface area contributed by atoms with E-state index < -0.39 is 0 Å². The summed E-state index contributed by atoms with van der Waals surface area (Å²) in [5.74, 6) is 0.610. The molecule has 4 aromatic rings. The van der Waals surface area contributed by atoms with Gasteiger partial charge in [0, 0.05) is 11.6 Å². The van der Waals surface area contributed by atoms with Crippen LogP contribution in [0.15, 0.2) is 41.2 Å². The summed E-state index contributed by atoms with van der Waals surface area (Å²) < 4.78 is 1.79. The normalized spacial score (nSPS) is 11.4. The zero-order chi connectivity index (χ0) is 16.1. The Morgan fingerprint density at radius 2 is 1.87 bits per heavy atom. The molecule has 3 heterocycles. The van der Waals surface area contributed by atoms with Gasteiger partial charge in [-0.15, -0.1) is 0 Å². The van der Waals surface area contributed by atoms with E-state index in [2.05, 4.69) is 15.0 Å². The second kappa shape index (κ2) is 5.08. The zero-order valence-corrected chi connectivity index (χ0v) is 13.5. The number of hydrogen-bond acceptors (Lipinski definition) is 3. The number of pyridine rings is 1. The molecule has 0 aliphatic rings. The fraction of sp³-hybridized carbons (Fsp3) is 0.0625. The van der Waals surface area contributed by atoms with E-state index >= 15 is 0 Å². The van der Waals surface area contributed by atoms with Crippen LogP contribution in [0.25, 0.3) is 28.1 Å². The first-order valence-corrected chi connectivity index (χ1v) is 7.64. The Bertz CT molecular complexity index is 1130. The molecule has 0 amide bonds. The van der Waals surface area contributed by atoms with Crippen molar-refractivity contribution < 1.29 is 0 Å². The third-order valence-electron chi connectivity index (χ3n) is 3.68. The highest BCUT2D eigenvalue weighted by Crippen LogP contribution is 2.32. The molecule has 0 spiro atoms. The number of imidazole rings is 1. The molecule has 114 valence electrons. The maximum Gasteiger partial charge on any atom is 0.249 e. The number of aromatic amines is 1. The molecule has 0 radical (unpaired) electrons. The summed E-state index contributed by atoms with van der Waals surface area (Å²) in [4.78, 5) is 23.5. The van der Waals surface area contributed by atoms with E-state index in [1.807, 2.05) is 25.1 Å². The Hall–Kier alpha value is -2.37. The van der Waals surface area contributed by atoms with Crippen molar-refractivity contribution in [2.45, 2.75) is 6.92 Å². The number of H-pyrrole nitrogens is 1. The van der Waals surface area contributed by atoms with E-state index in [1.54, 1.807) is 16.5 Å². The van der Waals surface area contributed by atoms with Crippen molar-refractivity contribution in [3.05, 3.63) is 62.6 Å². The average Bonchev–Trinajstić information content (AvgIpc) is 2.87. The zero-order valence-electron chi connectivity index (χ0n) is 12.0. The fourth-order valence-electron chi connectivity index (χ4n) is 2.69. The smallest absolute Gasteiger partial charge is 0.249 e. The lowest BCUT2D eigenvalue weighted by atomic mass is 10.2. The largest absolute Gasteiger partial charge is 0.306 e. The molecule has 4 rings (SSSR count). The molecule has 1 aromatic carbocycles. The second-order valence-electron chi connectivity index (χ2n) is 5.14. The summed E-state index contributed by atoms with van der Waals surface area (Å²) in [6.45, 7) is 1.84. The minimum absolute atomic E-state index is 0.223. The topological polar surface area (TPSA) is 63.1 Å². The Labute approximate surface area is 140 Å². The predicted molar refractivity (Wildman–Crippen MR) is 91.3 cm³/mol. The highest BCUT2D eigenvalue weighted by atomic mass is 35.5. The molecule has 23 heavy (non-hydrogen) atoms. The number of benzene rings is 1. The molecule has 0 fully saturated rings. The number of rotatable bonds is 1. The number of nitrogens with zero attached hydrogens (tertiary/aromatic N) is 3. The van der Waals surface area contributed by atoms with Gasteiger partial charge in [0.05, 0.1) is 10.7 Å². The van der Waals surface area contributed by atoms with Crippen molar-refractivity contribution in [1.29, 1.82) is 0 Å². The first-order chi connectivity index (χ1) is 11.1. The van der Waals surface area contributed by atoms with Crippen LogP contribution in [0.1, 0.15) is 5.69 Å². The number of aromatic nitrogens is 4. The van der Waals surface area contributed by atoms with Gasteiger partial charge in [-0.25, -0.2) is 9.97 Å². The van der Waals surface area contributed by atoms with Crippen LogP contribution in [0.3, 0.4) is 0 Å². The van der Waals surface area contributed by atoms with Gasteiger partial charge in [0.25, 0.3) is 0 Å². The Morgan fingerprint density at radius 1 is 1.09 bits per heavy atom. The Balaban J connectivity index is 2.26. The highest BCUT2D eigenvalue weighted by Gasteiger charge is 2.18. The van der Waals surface area contributed by atoms with Gasteiger partial charge in [-0.05, 0) is 25.1 Å². The molecule has 0 aliphatic carbocycles. The second-order valence-corrected chi connectivity index (χ2v) is 5.91. The van der Waals surface area contributed by atoms with Crippen LogP contribution in [0, 0.1) is 6.92 Å². The lowest BCUT2D eigenvalue weighted by Crippen LogP contribution is -2.07. The first-order valence-electron chi connectivity index (χ1n) is 6.89. The molecular formula is C16H10Cl2N4O. The van der Waals surface area contributed by atoms with Crippen LogP contribution >= 0.6 is 23.2 Å². The van der Waals surface area contributed by atoms with E-state index in [0.29, 0.717) is 38.4 Å². The maximum absolute atomic E-state index is 11.8. The van der Waals surface area contributed by atoms with Crippen LogP contribution in [0.2, 0.25) is 10.2 Å². The first kappa shape index (κ1) is 14.2. The SMILES string of the molecule is Cc1nc(-c2ccccc2Cl)n2c1c(Cl)nc1ccc(=O)[nH]c12. The third-order valence-corrected chi connectivity index (χ3v) is 4.27. The van der Waals surface area contributed by atoms with E-state index in [-0.39, 0.29) is 5.56 Å². The van der Waals surface area contributed by atoms with E-state index in [0.717, 1.165) is 5.56 Å². The van der Waals surface area contributed by atoms with E-state index in [4.69, 9.17) is 23.2 Å². The van der Waals surface area contributed by atoms with Crippen molar-refractivity contribution in [3.63, 3.8) is 0 Å². The van der Waals surface area contributed by atoms with Gasteiger partial charge in [0.1, 0.15) is 22.5 Å². The van der Waals surface area contributed by atoms with Gasteiger partial charge in [0.15, 0.2) is 5.15 Å². The number of hydrogen-bond donors (Lipinski definition) is 1. The van der Waals surface area contributed by atoms with Crippen molar-refractivity contribution in [2.24, 2.45) is 0 Å². The van der Waals surface area contributed by atoms with Crippen LogP contribution < -0.4 is 5.56 Å². The minimum atomic E-state index is -0.223. The lowest BCUT2D eigenvalue weighted by molar-refractivity contribution is 1.13. The number of nitrogens with one attached hydrogen (secondary N) is 1. The molecule has 0 unspecified atom stereocenters. The fourth-order valence-corrected chi connectivity index (χ4v) is 3.22. The number of halogens is 2. The van der Waals surface area contributed by atoms with Gasteiger partial charge >= 0.3 is 0 Å². The van der Waals surface area contributed by atoms with Crippen molar-refractivity contribution in [1.82, 2.24) is 19.4 Å². The highest BCUT2D eigenvalue weighted by molar-refractivity contribution is 6.34. The summed E-state index contributed by atoms with van der Waals surface area (Å²) in [7, 11) is 0. The molecular weight excluding hydrogens is 335 g/mol. The van der Waals surface area contributed by atoms with E-state index in [1.165, 1.54) is 6.07 Å². The number of aryl methyl sites for hydroxylation is 1. The summed E-state index contributed by atoms with van der Waals surface area (Å²) >= 11 is 12.6. The molecule has 7 heteroatoms. The van der Waals surface area contributed by atoms with Crippen molar-refractivity contribution in [3.8, 4) is 11.4 Å². The molecule has 3 aromatic heterocycles. The van der Waals surface area contributed by atoms with Gasteiger partial charge in [0.2, 0.25) is 5.56 Å². The average molecular weight is 345 g/mol. The monoisotopic (exact) mass is 344 g/mol. The lowest BCUT2D eigenvalue weighted by Gasteiger charge is -2.07. The molecule has 0 atom stereocenters. The van der Waals surface area contributed by atoms with Gasteiger partial charge in [-0.2, -0.15) is 0 Å². The standard InChI is InChI=1S/C16H10Cl2N4O/c1-8-13-14(18)20-11-6-7-12(23)21-16(11)22(13)15(19-8)9-4-2-3-5-10(9)17/h2-7H,1H3,(H,21,23). The summed E-state index contributed by atoms with van der Waals surface area (Å²) in [5.41, 5.74) is 3.00. The third kappa shape index (κ3) is 2.12. The van der Waals surface area contributed by atoms with Crippen molar-refractivity contribution >= 4 is 39.9 Å². The van der Waals surface area contributed by atoms with Gasteiger partial charge in [-0.1, -0.05) is 35.3 Å². The quantitative estimate of drug-likeness (QED) is 0.570. The summed E-state index contributed by atoms with van der Waals surface area (Å²) in [6.07, 6.45) is 0. The van der Waals surface area contributed by atoms with Crippen LogP contribution in [-0.4, -0.2) is 19.4 Å². The minimum Gasteiger partial charge on any atom is -0.306 e. The van der Waals surface area contributed by atoms with Crippen LogP contribution in [0.4, 0.5) is 0 Å². The summed E-state index contributed by atoms with van der Waals surface area (Å²) in [6, 6.07) is 10.4. The molecule has 5 nitrogen and oxygen atoms in total. The number of fused-ring (bicyclic) bond motifs is 3. The molecule has 1 N–H and O–H groups in total. The Morgan fingerprint density at radius 3 is 2.65 bits per heavy atom. The van der Waals surface area contributed by atoms with Gasteiger partial charge < -0.3 is 4.98 Å². The maximum atomic E-state index is 11.8. The molecule has 0 saturated heterocycles. The Kier molecular flexibility index (Phi) is 3.14. The molecule has 0 aliphatic heterocycles. The van der Waals surface area contributed by atoms with Crippen LogP contribution in [-0.2, 0) is 0 Å². The van der Waals surface area contributed by atoms with Crippen LogP contribution in [0.5, 0.6) is 0 Å². The predicted octanol–water partition coefficient (Wildman–Crippen LogP) is 3.85. The molecule has 0 bridgehead atoms. The van der Waals surface area contributed by atoms with Gasteiger partial charge in [-0.3, -0.25) is 9.20 Å².